The van der Waals surface area contributed by atoms with E-state index in [4.69, 9.17) is 11.5 Å². The summed E-state index contributed by atoms with van der Waals surface area (Å²) < 4.78 is 4.60. The first-order chi connectivity index (χ1) is 8.11. The molecule has 1 aliphatic rings. The van der Waals surface area contributed by atoms with Gasteiger partial charge in [-0.2, -0.15) is 0 Å². The third-order valence-electron chi connectivity index (χ3n) is 2.78. The molecule has 0 saturated carbocycles. The average Bonchev–Trinajstić information content (AvgIpc) is 2.39. The molecule has 5 heteroatoms. The van der Waals surface area contributed by atoms with Crippen molar-refractivity contribution >= 4 is 11.7 Å². The van der Waals surface area contributed by atoms with Crippen molar-refractivity contribution < 1.29 is 9.53 Å². The number of ether oxygens (including phenoxy) is 1. The SMILES string of the molecule is CN=C(C(=O)OC)C(N)=C(N)C1=CCCCC1. The van der Waals surface area contributed by atoms with E-state index in [9.17, 15) is 4.79 Å². The molecule has 0 aromatic carbocycles. The number of esters is 1. The lowest BCUT2D eigenvalue weighted by Crippen LogP contribution is -2.27. The number of carbonyl (C=O) groups excluding carboxylic acids is 1. The second-order valence-electron chi connectivity index (χ2n) is 3.87. The van der Waals surface area contributed by atoms with Crippen LogP contribution in [0.1, 0.15) is 25.7 Å². The number of carbonyl (C=O) groups is 1. The second kappa shape index (κ2) is 6.08. The van der Waals surface area contributed by atoms with Gasteiger partial charge in [0, 0.05) is 7.05 Å². The van der Waals surface area contributed by atoms with E-state index in [1.54, 1.807) is 0 Å². The summed E-state index contributed by atoms with van der Waals surface area (Å²) in [5.41, 5.74) is 13.5. The zero-order chi connectivity index (χ0) is 12.8. The molecule has 4 N–H and O–H groups in total. The number of aliphatic imine (C=N–C) groups is 1. The van der Waals surface area contributed by atoms with Gasteiger partial charge >= 0.3 is 5.97 Å². The van der Waals surface area contributed by atoms with Crippen LogP contribution in [-0.4, -0.2) is 25.8 Å². The second-order valence-corrected chi connectivity index (χ2v) is 3.87. The van der Waals surface area contributed by atoms with E-state index in [1.807, 2.05) is 0 Å². The molecule has 0 saturated heterocycles. The van der Waals surface area contributed by atoms with Crippen LogP contribution in [0.25, 0.3) is 0 Å². The molecule has 0 bridgehead atoms. The van der Waals surface area contributed by atoms with E-state index >= 15 is 0 Å². The van der Waals surface area contributed by atoms with E-state index in [1.165, 1.54) is 20.6 Å². The fourth-order valence-electron chi connectivity index (χ4n) is 1.80. The fourth-order valence-corrected chi connectivity index (χ4v) is 1.80. The van der Waals surface area contributed by atoms with Gasteiger partial charge in [0.2, 0.25) is 0 Å². The first-order valence-corrected chi connectivity index (χ1v) is 5.62. The third kappa shape index (κ3) is 3.09. The number of nitrogens with two attached hydrogens (primary N) is 2. The maximum Gasteiger partial charge on any atom is 0.358 e. The minimum Gasteiger partial charge on any atom is -0.464 e. The Morgan fingerprint density at radius 3 is 2.59 bits per heavy atom. The van der Waals surface area contributed by atoms with Crippen LogP contribution in [0, 0.1) is 0 Å². The molecule has 5 nitrogen and oxygen atoms in total. The van der Waals surface area contributed by atoms with Gasteiger partial charge in [0.1, 0.15) is 0 Å². The van der Waals surface area contributed by atoms with Gasteiger partial charge in [-0.05, 0) is 31.3 Å². The van der Waals surface area contributed by atoms with Gasteiger partial charge in [0.15, 0.2) is 5.71 Å². The first kappa shape index (κ1) is 13.3. The largest absolute Gasteiger partial charge is 0.464 e. The van der Waals surface area contributed by atoms with Crippen molar-refractivity contribution in [1.82, 2.24) is 0 Å². The van der Waals surface area contributed by atoms with Crippen LogP contribution in [0.5, 0.6) is 0 Å². The maximum atomic E-state index is 11.4. The molecule has 1 rings (SSSR count). The standard InChI is InChI=1S/C12H19N3O2/c1-15-11(12(16)17-2)10(14)9(13)8-6-4-3-5-7-8/h6H,3-5,7,13-14H2,1-2H3. The van der Waals surface area contributed by atoms with Gasteiger partial charge in [-0.1, -0.05) is 6.08 Å². The lowest BCUT2D eigenvalue weighted by atomic mass is 9.96. The first-order valence-electron chi connectivity index (χ1n) is 5.62. The molecular weight excluding hydrogens is 218 g/mol. The summed E-state index contributed by atoms with van der Waals surface area (Å²) in [5, 5.41) is 0. The molecule has 0 atom stereocenters. The number of allylic oxidation sites excluding steroid dienone is 2. The highest BCUT2D eigenvalue weighted by molar-refractivity contribution is 6.43. The van der Waals surface area contributed by atoms with Gasteiger partial charge in [-0.3, -0.25) is 4.99 Å². The Labute approximate surface area is 101 Å². The lowest BCUT2D eigenvalue weighted by Gasteiger charge is -2.15. The molecule has 0 aromatic rings. The fraction of sp³-hybridized carbons (Fsp3) is 0.500. The average molecular weight is 237 g/mol. The van der Waals surface area contributed by atoms with E-state index in [0.717, 1.165) is 24.8 Å². The molecule has 0 amide bonds. The molecule has 0 heterocycles. The van der Waals surface area contributed by atoms with Crippen LogP contribution in [0.3, 0.4) is 0 Å². The minimum absolute atomic E-state index is 0.0801. The number of hydrogen-bond donors (Lipinski definition) is 2. The van der Waals surface area contributed by atoms with Crippen LogP contribution >= 0.6 is 0 Å². The predicted octanol–water partition coefficient (Wildman–Crippen LogP) is 0.860. The van der Waals surface area contributed by atoms with Crippen molar-refractivity contribution in [2.75, 3.05) is 14.2 Å². The summed E-state index contributed by atoms with van der Waals surface area (Å²) >= 11 is 0. The van der Waals surface area contributed by atoms with Crippen LogP contribution < -0.4 is 11.5 Å². The Balaban J connectivity index is 3.02. The van der Waals surface area contributed by atoms with Gasteiger partial charge in [-0.25, -0.2) is 4.79 Å². The van der Waals surface area contributed by atoms with Gasteiger partial charge < -0.3 is 16.2 Å². The van der Waals surface area contributed by atoms with Crippen molar-refractivity contribution in [3.05, 3.63) is 23.0 Å². The zero-order valence-corrected chi connectivity index (χ0v) is 10.3. The molecule has 0 radical (unpaired) electrons. The number of rotatable bonds is 3. The summed E-state index contributed by atoms with van der Waals surface area (Å²) in [6, 6.07) is 0. The van der Waals surface area contributed by atoms with Crippen LogP contribution in [0.2, 0.25) is 0 Å². The predicted molar refractivity (Wildman–Crippen MR) is 67.3 cm³/mol. The molecule has 1 aliphatic carbocycles. The molecular formula is C12H19N3O2. The summed E-state index contributed by atoms with van der Waals surface area (Å²) in [4.78, 5) is 15.3. The van der Waals surface area contributed by atoms with Gasteiger partial charge in [0.25, 0.3) is 0 Å². The molecule has 94 valence electrons. The summed E-state index contributed by atoms with van der Waals surface area (Å²) in [6.07, 6.45) is 6.22. The highest BCUT2D eigenvalue weighted by atomic mass is 16.5. The summed E-state index contributed by atoms with van der Waals surface area (Å²) in [5.74, 6) is -0.565. The van der Waals surface area contributed by atoms with Crippen molar-refractivity contribution in [3.8, 4) is 0 Å². The molecule has 0 unspecified atom stereocenters. The Bertz CT molecular complexity index is 395. The van der Waals surface area contributed by atoms with Crippen molar-refractivity contribution in [1.29, 1.82) is 0 Å². The Morgan fingerprint density at radius 1 is 1.41 bits per heavy atom. The Kier molecular flexibility index (Phi) is 4.75. The third-order valence-corrected chi connectivity index (χ3v) is 2.78. The topological polar surface area (TPSA) is 90.7 Å². The number of hydrogen-bond acceptors (Lipinski definition) is 5. The lowest BCUT2D eigenvalue weighted by molar-refractivity contribution is -0.132. The van der Waals surface area contributed by atoms with E-state index in [2.05, 4.69) is 15.8 Å². The van der Waals surface area contributed by atoms with E-state index < -0.39 is 5.97 Å². The Morgan fingerprint density at radius 2 is 2.12 bits per heavy atom. The monoisotopic (exact) mass is 237 g/mol. The number of nitrogens with zero attached hydrogens (tertiary/aromatic N) is 1. The number of methoxy groups -OCH3 is 1. The molecule has 0 aromatic heterocycles. The summed E-state index contributed by atoms with van der Waals surface area (Å²) in [7, 11) is 2.78. The highest BCUT2D eigenvalue weighted by Crippen LogP contribution is 2.22. The highest BCUT2D eigenvalue weighted by Gasteiger charge is 2.18. The van der Waals surface area contributed by atoms with Crippen LogP contribution in [0.15, 0.2) is 28.0 Å². The Hall–Kier alpha value is -1.78. The van der Waals surface area contributed by atoms with Crippen LogP contribution in [0.4, 0.5) is 0 Å². The quantitative estimate of drug-likeness (QED) is 0.562. The van der Waals surface area contributed by atoms with Crippen LogP contribution in [-0.2, 0) is 9.53 Å². The molecule has 0 aliphatic heterocycles. The minimum atomic E-state index is -0.565. The van der Waals surface area contributed by atoms with Crippen molar-refractivity contribution in [2.24, 2.45) is 16.5 Å². The maximum absolute atomic E-state index is 11.4. The molecule has 0 spiro atoms. The zero-order valence-electron chi connectivity index (χ0n) is 10.3. The van der Waals surface area contributed by atoms with E-state index in [0.29, 0.717) is 5.70 Å². The molecule has 17 heavy (non-hydrogen) atoms. The van der Waals surface area contributed by atoms with Crippen molar-refractivity contribution in [2.45, 2.75) is 25.7 Å². The smallest absolute Gasteiger partial charge is 0.358 e. The molecule has 0 fully saturated rings. The van der Waals surface area contributed by atoms with E-state index in [-0.39, 0.29) is 11.4 Å². The summed E-state index contributed by atoms with van der Waals surface area (Å²) in [6.45, 7) is 0. The normalized spacial score (nSPS) is 18.2. The van der Waals surface area contributed by atoms with Gasteiger partial charge in [0.05, 0.1) is 18.5 Å². The van der Waals surface area contributed by atoms with Crippen molar-refractivity contribution in [3.63, 3.8) is 0 Å². The van der Waals surface area contributed by atoms with Gasteiger partial charge in [-0.15, -0.1) is 0 Å².